The first-order valence-corrected chi connectivity index (χ1v) is 16.6. The van der Waals surface area contributed by atoms with Crippen LogP contribution in [-0.2, 0) is 5.41 Å². The molecule has 6 aromatic carbocycles. The van der Waals surface area contributed by atoms with E-state index in [9.17, 15) is 0 Å². The van der Waals surface area contributed by atoms with Crippen LogP contribution in [0.3, 0.4) is 0 Å². The number of para-hydroxylation sites is 3. The maximum absolute atomic E-state index is 6.62. The van der Waals surface area contributed by atoms with E-state index in [0.29, 0.717) is 0 Å². The average molecular weight is 605 g/mol. The SMILES string of the molecule is Cc1cc2c3c(c1)-n1c4c(cccc4c4oc5ccccc5c41)B3c1ccccc1N2c1ccc(C(C)(C)C)cc1-c1ccccc1. The van der Waals surface area contributed by atoms with E-state index in [1.807, 2.05) is 0 Å². The van der Waals surface area contributed by atoms with Gasteiger partial charge in [-0.05, 0) is 93.9 Å². The fourth-order valence-corrected chi connectivity index (χ4v) is 8.29. The zero-order valence-electron chi connectivity index (χ0n) is 27.0. The van der Waals surface area contributed by atoms with Gasteiger partial charge in [-0.25, -0.2) is 0 Å². The summed E-state index contributed by atoms with van der Waals surface area (Å²) in [5.41, 5.74) is 18.2. The normalized spacial score (nSPS) is 13.4. The van der Waals surface area contributed by atoms with Gasteiger partial charge in [-0.3, -0.25) is 0 Å². The Labute approximate surface area is 274 Å². The summed E-state index contributed by atoms with van der Waals surface area (Å²) in [5.74, 6) is 0. The number of furan rings is 1. The number of rotatable bonds is 2. The van der Waals surface area contributed by atoms with Crippen LogP contribution in [0, 0.1) is 6.92 Å². The van der Waals surface area contributed by atoms with Crippen molar-refractivity contribution >= 4 is 73.1 Å². The maximum atomic E-state index is 6.62. The molecular formula is C43H33BN2O. The highest BCUT2D eigenvalue weighted by Crippen LogP contribution is 2.46. The van der Waals surface area contributed by atoms with Crippen molar-refractivity contribution in [2.24, 2.45) is 0 Å². The fraction of sp³-hybridized carbons (Fsp3) is 0.116. The summed E-state index contributed by atoms with van der Waals surface area (Å²) in [6.07, 6.45) is 0. The Kier molecular flexibility index (Phi) is 5.28. The van der Waals surface area contributed by atoms with Gasteiger partial charge in [0.25, 0.3) is 6.71 Å². The van der Waals surface area contributed by atoms with Crippen LogP contribution < -0.4 is 21.3 Å². The topological polar surface area (TPSA) is 21.3 Å². The van der Waals surface area contributed by atoms with Gasteiger partial charge in [0.2, 0.25) is 0 Å². The third-order valence-electron chi connectivity index (χ3n) is 10.4. The zero-order valence-corrected chi connectivity index (χ0v) is 27.0. The van der Waals surface area contributed by atoms with Crippen LogP contribution in [0.1, 0.15) is 31.9 Å². The van der Waals surface area contributed by atoms with Gasteiger partial charge >= 0.3 is 0 Å². The lowest BCUT2D eigenvalue weighted by Crippen LogP contribution is -2.60. The zero-order chi connectivity index (χ0) is 31.6. The first-order valence-electron chi connectivity index (χ1n) is 16.6. The van der Waals surface area contributed by atoms with E-state index in [0.717, 1.165) is 22.1 Å². The molecule has 4 heteroatoms. The first-order chi connectivity index (χ1) is 22.9. The highest BCUT2D eigenvalue weighted by atomic mass is 16.3. The molecule has 47 heavy (non-hydrogen) atoms. The second-order valence-corrected chi connectivity index (χ2v) is 14.2. The van der Waals surface area contributed by atoms with Crippen molar-refractivity contribution in [1.82, 2.24) is 4.57 Å². The predicted molar refractivity (Wildman–Crippen MR) is 199 cm³/mol. The van der Waals surface area contributed by atoms with Gasteiger partial charge in [0.1, 0.15) is 11.1 Å². The number of aromatic nitrogens is 1. The monoisotopic (exact) mass is 604 g/mol. The predicted octanol–water partition coefficient (Wildman–Crippen LogP) is 9.42. The van der Waals surface area contributed by atoms with Gasteiger partial charge in [-0.2, -0.15) is 0 Å². The van der Waals surface area contributed by atoms with E-state index in [1.54, 1.807) is 0 Å². The van der Waals surface area contributed by atoms with Crippen LogP contribution >= 0.6 is 0 Å². The van der Waals surface area contributed by atoms with Crippen LogP contribution in [0.15, 0.2) is 132 Å². The van der Waals surface area contributed by atoms with Crippen LogP contribution in [-0.4, -0.2) is 11.3 Å². The van der Waals surface area contributed by atoms with Crippen LogP contribution in [0.4, 0.5) is 17.1 Å². The highest BCUT2D eigenvalue weighted by Gasteiger charge is 2.43. The molecule has 224 valence electrons. The number of aryl methyl sites for hydroxylation is 1. The molecule has 0 saturated carbocycles. The average Bonchev–Trinajstić information content (AvgIpc) is 3.62. The molecule has 2 aromatic heterocycles. The van der Waals surface area contributed by atoms with Crippen molar-refractivity contribution in [3.63, 3.8) is 0 Å². The lowest BCUT2D eigenvalue weighted by molar-refractivity contribution is 0.590. The molecule has 0 spiro atoms. The summed E-state index contributed by atoms with van der Waals surface area (Å²) in [4.78, 5) is 2.53. The molecule has 4 heterocycles. The molecule has 0 saturated heterocycles. The molecule has 0 radical (unpaired) electrons. The second kappa shape index (κ2) is 9.30. The minimum atomic E-state index is 0.0255. The Morgan fingerprint density at radius 3 is 2.17 bits per heavy atom. The van der Waals surface area contributed by atoms with Gasteiger partial charge in [-0.1, -0.05) is 99.6 Å². The van der Waals surface area contributed by atoms with Gasteiger partial charge in [0.15, 0.2) is 5.58 Å². The molecule has 2 aliphatic heterocycles. The Bertz CT molecular complexity index is 2580. The third-order valence-corrected chi connectivity index (χ3v) is 10.4. The Morgan fingerprint density at radius 2 is 1.32 bits per heavy atom. The van der Waals surface area contributed by atoms with Crippen LogP contribution in [0.5, 0.6) is 0 Å². The van der Waals surface area contributed by atoms with E-state index in [4.69, 9.17) is 4.42 Å². The standard InChI is InChI=1S/C43H33BN2O/c1-26-23-36-39-37(24-26)46-40-30(42-41(46)29-15-8-11-20-38(29)47-42)16-12-18-33(40)44(39)32-17-9-10-19-35(32)45(36)34-22-21-28(43(2,3)4)25-31(34)27-13-6-5-7-14-27/h5-25H,1-4H3. The molecular weight excluding hydrogens is 571 g/mol. The lowest BCUT2D eigenvalue weighted by atomic mass is 9.34. The Morgan fingerprint density at radius 1 is 0.596 bits per heavy atom. The number of nitrogens with zero attached hydrogens (tertiary/aromatic N) is 2. The molecule has 0 N–H and O–H groups in total. The third kappa shape index (κ3) is 3.59. The molecule has 3 nitrogen and oxygen atoms in total. The molecule has 0 bridgehead atoms. The first kappa shape index (κ1) is 26.7. The number of hydrogen-bond acceptors (Lipinski definition) is 2. The van der Waals surface area contributed by atoms with Crippen molar-refractivity contribution in [3.05, 3.63) is 139 Å². The quantitative estimate of drug-likeness (QED) is 0.183. The molecule has 10 rings (SSSR count). The number of fused-ring (bicyclic) bond motifs is 9. The van der Waals surface area contributed by atoms with Crippen molar-refractivity contribution in [1.29, 1.82) is 0 Å². The summed E-state index contributed by atoms with van der Waals surface area (Å²) < 4.78 is 9.12. The van der Waals surface area contributed by atoms with E-state index in [2.05, 4.69) is 165 Å². The van der Waals surface area contributed by atoms with Gasteiger partial charge < -0.3 is 13.9 Å². The van der Waals surface area contributed by atoms with E-state index < -0.39 is 0 Å². The summed E-state index contributed by atoms with van der Waals surface area (Å²) in [6, 6.07) is 47.0. The Balaban J connectivity index is 1.35. The number of hydrogen-bond donors (Lipinski definition) is 0. The van der Waals surface area contributed by atoms with Crippen molar-refractivity contribution in [2.75, 3.05) is 4.90 Å². The smallest absolute Gasteiger partial charge is 0.252 e. The minimum Gasteiger partial charge on any atom is -0.454 e. The number of anilines is 3. The molecule has 2 aliphatic rings. The minimum absolute atomic E-state index is 0.0255. The van der Waals surface area contributed by atoms with Crippen LogP contribution in [0.25, 0.3) is 49.8 Å². The van der Waals surface area contributed by atoms with E-state index in [-0.39, 0.29) is 12.1 Å². The summed E-state index contributed by atoms with van der Waals surface area (Å²) in [5, 5.41) is 2.32. The lowest BCUT2D eigenvalue weighted by Gasteiger charge is -2.41. The van der Waals surface area contributed by atoms with Crippen molar-refractivity contribution in [2.45, 2.75) is 33.1 Å². The summed E-state index contributed by atoms with van der Waals surface area (Å²) in [7, 11) is 0. The molecule has 0 fully saturated rings. The molecule has 0 aliphatic carbocycles. The summed E-state index contributed by atoms with van der Waals surface area (Å²) in [6.45, 7) is 9.22. The molecule has 0 unspecified atom stereocenters. The second-order valence-electron chi connectivity index (χ2n) is 14.2. The van der Waals surface area contributed by atoms with Gasteiger partial charge in [0, 0.05) is 33.4 Å². The molecule has 0 amide bonds. The largest absolute Gasteiger partial charge is 0.454 e. The van der Waals surface area contributed by atoms with Crippen LogP contribution in [0.2, 0.25) is 0 Å². The highest BCUT2D eigenvalue weighted by molar-refractivity contribution is 7.00. The molecule has 0 atom stereocenters. The maximum Gasteiger partial charge on any atom is 0.252 e. The fourth-order valence-electron chi connectivity index (χ4n) is 8.29. The summed E-state index contributed by atoms with van der Waals surface area (Å²) >= 11 is 0. The number of benzene rings is 6. The van der Waals surface area contributed by atoms with E-state index >= 15 is 0 Å². The van der Waals surface area contributed by atoms with Crippen molar-refractivity contribution in [3.8, 4) is 16.8 Å². The van der Waals surface area contributed by atoms with Crippen molar-refractivity contribution < 1.29 is 4.42 Å². The molecule has 8 aromatic rings. The van der Waals surface area contributed by atoms with Gasteiger partial charge in [-0.15, -0.1) is 0 Å². The Hall–Kier alpha value is -5.48. The van der Waals surface area contributed by atoms with Gasteiger partial charge in [0.05, 0.1) is 11.2 Å². The van der Waals surface area contributed by atoms with E-state index in [1.165, 1.54) is 72.3 Å².